The van der Waals surface area contributed by atoms with Crippen molar-refractivity contribution < 1.29 is 9.47 Å². The molecule has 1 aromatic heterocycles. The van der Waals surface area contributed by atoms with Gasteiger partial charge in [0.05, 0.1) is 26.4 Å². The van der Waals surface area contributed by atoms with Crippen molar-refractivity contribution in [3.63, 3.8) is 0 Å². The molecule has 0 saturated heterocycles. The normalized spacial score (nSPS) is 11.2. The van der Waals surface area contributed by atoms with Crippen molar-refractivity contribution in [2.24, 2.45) is 4.99 Å². The summed E-state index contributed by atoms with van der Waals surface area (Å²) < 4.78 is 11.0. The largest absolute Gasteiger partial charge is 0.379 e. The van der Waals surface area contributed by atoms with E-state index in [-0.39, 0.29) is 24.0 Å². The molecule has 0 aliphatic rings. The second kappa shape index (κ2) is 16.1. The molecule has 0 amide bonds. The van der Waals surface area contributed by atoms with Gasteiger partial charge in [-0.05, 0) is 25.0 Å². The van der Waals surface area contributed by atoms with Gasteiger partial charge in [-0.2, -0.15) is 0 Å². The summed E-state index contributed by atoms with van der Waals surface area (Å²) >= 11 is 1.84. The maximum atomic E-state index is 5.52. The second-order valence-corrected chi connectivity index (χ2v) is 6.41. The van der Waals surface area contributed by atoms with E-state index in [1.165, 1.54) is 16.2 Å². The molecule has 0 atom stereocenters. The van der Waals surface area contributed by atoms with Gasteiger partial charge in [-0.15, -0.1) is 35.3 Å². The molecule has 1 aromatic rings. The average Bonchev–Trinajstić information content (AvgIpc) is 3.04. The summed E-state index contributed by atoms with van der Waals surface area (Å²) in [5.74, 6) is 0.805. The van der Waals surface area contributed by atoms with Crippen LogP contribution in [0.5, 0.6) is 0 Å². The third kappa shape index (κ3) is 11.2. The lowest BCUT2D eigenvalue weighted by Gasteiger charge is -2.11. The monoisotopic (exact) mass is 469 g/mol. The summed E-state index contributed by atoms with van der Waals surface area (Å²) in [6.45, 7) is 8.67. The van der Waals surface area contributed by atoms with Gasteiger partial charge in [0, 0.05) is 30.0 Å². The third-order valence-corrected chi connectivity index (χ3v) is 4.50. The van der Waals surface area contributed by atoms with Gasteiger partial charge < -0.3 is 20.1 Å². The average molecular weight is 469 g/mol. The molecule has 2 N–H and O–H groups in total. The van der Waals surface area contributed by atoms with Crippen molar-refractivity contribution in [1.29, 1.82) is 0 Å². The molecular formula is C17H32IN3O2S. The van der Waals surface area contributed by atoms with Crippen molar-refractivity contribution in [2.75, 3.05) is 40.0 Å². The highest BCUT2D eigenvalue weighted by atomic mass is 127. The lowest BCUT2D eigenvalue weighted by Crippen LogP contribution is -2.38. The lowest BCUT2D eigenvalue weighted by atomic mass is 10.4. The van der Waals surface area contributed by atoms with Gasteiger partial charge in [-0.3, -0.25) is 4.99 Å². The van der Waals surface area contributed by atoms with E-state index in [9.17, 15) is 0 Å². The first-order chi connectivity index (χ1) is 11.3. The van der Waals surface area contributed by atoms with E-state index in [0.717, 1.165) is 38.5 Å². The number of guanidine groups is 1. The van der Waals surface area contributed by atoms with Gasteiger partial charge in [0.25, 0.3) is 0 Å². The first-order valence-corrected chi connectivity index (χ1v) is 9.29. The smallest absolute Gasteiger partial charge is 0.191 e. The fourth-order valence-corrected chi connectivity index (χ4v) is 2.81. The number of thiophene rings is 1. The van der Waals surface area contributed by atoms with Crippen LogP contribution in [0.3, 0.4) is 0 Å². The van der Waals surface area contributed by atoms with Crippen LogP contribution in [-0.4, -0.2) is 46.0 Å². The Balaban J connectivity index is 0.00000529. The highest BCUT2D eigenvalue weighted by molar-refractivity contribution is 14.0. The zero-order chi connectivity index (χ0) is 16.8. The molecule has 1 heterocycles. The summed E-state index contributed by atoms with van der Waals surface area (Å²) in [6, 6.07) is 4.36. The molecule has 1 rings (SSSR count). The van der Waals surface area contributed by atoms with Crippen LogP contribution < -0.4 is 10.6 Å². The van der Waals surface area contributed by atoms with Crippen LogP contribution in [0, 0.1) is 0 Å². The minimum atomic E-state index is 0. The van der Waals surface area contributed by atoms with Crippen LogP contribution in [-0.2, 0) is 22.4 Å². The maximum absolute atomic E-state index is 5.52. The summed E-state index contributed by atoms with van der Waals surface area (Å²) in [4.78, 5) is 6.96. The molecule has 0 bridgehead atoms. The highest BCUT2D eigenvalue weighted by Gasteiger charge is 2.01. The van der Waals surface area contributed by atoms with Gasteiger partial charge in [-0.1, -0.05) is 20.3 Å². The van der Waals surface area contributed by atoms with Crippen molar-refractivity contribution in [3.8, 4) is 0 Å². The van der Waals surface area contributed by atoms with Crippen LogP contribution in [0.4, 0.5) is 0 Å². The molecule has 0 unspecified atom stereocenters. The van der Waals surface area contributed by atoms with Gasteiger partial charge in [0.1, 0.15) is 0 Å². The molecule has 0 spiro atoms. The Morgan fingerprint density at radius 1 is 1.04 bits per heavy atom. The van der Waals surface area contributed by atoms with E-state index in [1.54, 1.807) is 7.05 Å². The van der Waals surface area contributed by atoms with E-state index >= 15 is 0 Å². The Labute approximate surface area is 167 Å². The van der Waals surface area contributed by atoms with E-state index in [0.29, 0.717) is 19.8 Å². The number of rotatable bonds is 12. The number of hydrogen-bond donors (Lipinski definition) is 2. The number of ether oxygens (including phenoxy) is 2. The predicted molar refractivity (Wildman–Crippen MR) is 114 cm³/mol. The number of halogens is 1. The van der Waals surface area contributed by atoms with Crippen molar-refractivity contribution in [1.82, 2.24) is 10.6 Å². The molecule has 0 aliphatic heterocycles. The quantitative estimate of drug-likeness (QED) is 0.213. The van der Waals surface area contributed by atoms with E-state index in [4.69, 9.17) is 9.47 Å². The third-order valence-electron chi connectivity index (χ3n) is 3.27. The Kier molecular flexibility index (Phi) is 15.9. The summed E-state index contributed by atoms with van der Waals surface area (Å²) in [5.41, 5.74) is 0. The maximum Gasteiger partial charge on any atom is 0.191 e. The fourth-order valence-electron chi connectivity index (χ4n) is 1.91. The number of hydrogen-bond acceptors (Lipinski definition) is 4. The number of nitrogens with one attached hydrogen (secondary N) is 2. The van der Waals surface area contributed by atoms with Gasteiger partial charge in [0.2, 0.25) is 0 Å². The Hall–Kier alpha value is -0.380. The number of unbranched alkanes of at least 4 members (excludes halogenated alkanes) is 1. The minimum Gasteiger partial charge on any atom is -0.379 e. The SMILES string of the molecule is CCCCOCCOCCNC(=NC)NCc1ccc(CC)s1.I. The van der Waals surface area contributed by atoms with Crippen LogP contribution in [0.15, 0.2) is 17.1 Å². The number of nitrogens with zero attached hydrogens (tertiary/aromatic N) is 1. The summed E-state index contributed by atoms with van der Waals surface area (Å²) in [7, 11) is 1.78. The van der Waals surface area contributed by atoms with Crippen LogP contribution in [0.1, 0.15) is 36.4 Å². The first-order valence-electron chi connectivity index (χ1n) is 8.47. The molecule has 140 valence electrons. The van der Waals surface area contributed by atoms with E-state index in [2.05, 4.69) is 41.6 Å². The first kappa shape index (κ1) is 23.6. The summed E-state index contributed by atoms with van der Waals surface area (Å²) in [6.07, 6.45) is 3.38. The molecular weight excluding hydrogens is 437 g/mol. The van der Waals surface area contributed by atoms with Gasteiger partial charge in [0.15, 0.2) is 5.96 Å². The van der Waals surface area contributed by atoms with Crippen LogP contribution in [0.2, 0.25) is 0 Å². The molecule has 7 heteroatoms. The van der Waals surface area contributed by atoms with Crippen molar-refractivity contribution in [2.45, 2.75) is 39.7 Å². The molecule has 0 aromatic carbocycles. The second-order valence-electron chi connectivity index (χ2n) is 5.15. The summed E-state index contributed by atoms with van der Waals surface area (Å²) in [5, 5.41) is 6.57. The van der Waals surface area contributed by atoms with Crippen LogP contribution in [0.25, 0.3) is 0 Å². The molecule has 5 nitrogen and oxygen atoms in total. The van der Waals surface area contributed by atoms with Gasteiger partial charge >= 0.3 is 0 Å². The predicted octanol–water partition coefficient (Wildman–Crippen LogP) is 3.43. The zero-order valence-electron chi connectivity index (χ0n) is 15.1. The molecule has 0 radical (unpaired) electrons. The fraction of sp³-hybridized carbons (Fsp3) is 0.706. The number of aliphatic imine (C=N–C) groups is 1. The minimum absolute atomic E-state index is 0. The van der Waals surface area contributed by atoms with Gasteiger partial charge in [-0.25, -0.2) is 0 Å². The standard InChI is InChI=1S/C17H31N3O2S.HI/c1-4-6-10-21-12-13-22-11-9-19-17(18-3)20-14-16-8-7-15(5-2)23-16;/h7-8H,4-6,9-14H2,1-3H3,(H2,18,19,20);1H. The van der Waals surface area contributed by atoms with E-state index in [1.807, 2.05) is 11.3 Å². The molecule has 0 fully saturated rings. The molecule has 24 heavy (non-hydrogen) atoms. The van der Waals surface area contributed by atoms with E-state index < -0.39 is 0 Å². The highest BCUT2D eigenvalue weighted by Crippen LogP contribution is 2.16. The van der Waals surface area contributed by atoms with Crippen molar-refractivity contribution in [3.05, 3.63) is 21.9 Å². The topological polar surface area (TPSA) is 54.9 Å². The Bertz CT molecular complexity index is 441. The molecule has 0 saturated carbocycles. The lowest BCUT2D eigenvalue weighted by molar-refractivity contribution is 0.0487. The Morgan fingerprint density at radius 3 is 2.38 bits per heavy atom. The van der Waals surface area contributed by atoms with Crippen LogP contribution >= 0.6 is 35.3 Å². The Morgan fingerprint density at radius 2 is 1.75 bits per heavy atom. The van der Waals surface area contributed by atoms with Crippen molar-refractivity contribution >= 4 is 41.3 Å². The molecule has 0 aliphatic carbocycles. The number of aryl methyl sites for hydroxylation is 1. The zero-order valence-corrected chi connectivity index (χ0v) is 18.2.